The zero-order chi connectivity index (χ0) is 28.7. The van der Waals surface area contributed by atoms with Crippen molar-refractivity contribution in [2.75, 3.05) is 39.3 Å². The second-order valence-electron chi connectivity index (χ2n) is 11.1. The highest BCUT2D eigenvalue weighted by Gasteiger charge is 2.26. The van der Waals surface area contributed by atoms with Gasteiger partial charge in [-0.1, -0.05) is 102 Å². The van der Waals surface area contributed by atoms with Crippen molar-refractivity contribution in [2.24, 2.45) is 0 Å². The van der Waals surface area contributed by atoms with Gasteiger partial charge in [0.1, 0.15) is 0 Å². The number of aromatic nitrogens is 2. The lowest BCUT2D eigenvalue weighted by Gasteiger charge is -2.39. The standard InChI is InChI=1S/C36H38ClN5/c1-28-12-14-29(15-13-28)35-26-33(39-42(35)34-10-6-3-7-11-34)27-38-20-21-40-22-24-41(25-23-40)36(30-8-4-2-5-9-30)31-16-18-32(37)19-17-31/h2-19,26,36,38H,20-25,27H2,1H3. The minimum atomic E-state index is 0.242. The van der Waals surface area contributed by atoms with E-state index in [0.717, 1.165) is 67.9 Å². The molecule has 1 saturated heterocycles. The smallest absolute Gasteiger partial charge is 0.0773 e. The highest BCUT2D eigenvalue weighted by Crippen LogP contribution is 2.30. The molecule has 42 heavy (non-hydrogen) atoms. The lowest BCUT2D eigenvalue weighted by atomic mass is 9.96. The molecule has 6 heteroatoms. The van der Waals surface area contributed by atoms with Crippen molar-refractivity contribution < 1.29 is 0 Å². The zero-order valence-electron chi connectivity index (χ0n) is 24.2. The molecule has 1 aromatic heterocycles. The second-order valence-corrected chi connectivity index (χ2v) is 11.5. The second kappa shape index (κ2) is 13.5. The van der Waals surface area contributed by atoms with E-state index in [1.54, 1.807) is 0 Å². The van der Waals surface area contributed by atoms with Gasteiger partial charge in [-0.25, -0.2) is 4.68 Å². The van der Waals surface area contributed by atoms with Crippen LogP contribution in [0.5, 0.6) is 0 Å². The first-order valence-corrected chi connectivity index (χ1v) is 15.2. The third kappa shape index (κ3) is 6.83. The Morgan fingerprint density at radius 3 is 2.10 bits per heavy atom. The van der Waals surface area contributed by atoms with E-state index in [4.69, 9.17) is 16.7 Å². The number of rotatable bonds is 10. The van der Waals surface area contributed by atoms with Crippen LogP contribution in [-0.4, -0.2) is 58.8 Å². The van der Waals surface area contributed by atoms with Crippen molar-refractivity contribution in [3.05, 3.63) is 143 Å². The van der Waals surface area contributed by atoms with Crippen molar-refractivity contribution in [3.8, 4) is 16.9 Å². The van der Waals surface area contributed by atoms with Crippen LogP contribution in [0.25, 0.3) is 16.9 Å². The Morgan fingerprint density at radius 2 is 1.40 bits per heavy atom. The van der Waals surface area contributed by atoms with Crippen LogP contribution in [0, 0.1) is 6.92 Å². The number of halogens is 1. The molecule has 0 amide bonds. The van der Waals surface area contributed by atoms with Crippen LogP contribution in [0.4, 0.5) is 0 Å². The van der Waals surface area contributed by atoms with E-state index in [-0.39, 0.29) is 6.04 Å². The topological polar surface area (TPSA) is 36.3 Å². The first kappa shape index (κ1) is 28.4. The van der Waals surface area contributed by atoms with E-state index in [1.807, 2.05) is 18.2 Å². The summed E-state index contributed by atoms with van der Waals surface area (Å²) in [5, 5.41) is 9.41. The first-order valence-electron chi connectivity index (χ1n) is 14.8. The number of hydrogen-bond donors (Lipinski definition) is 1. The maximum atomic E-state index is 6.21. The van der Waals surface area contributed by atoms with Crippen LogP contribution in [0.3, 0.4) is 0 Å². The Hall–Kier alpha value is -3.74. The fourth-order valence-electron chi connectivity index (χ4n) is 5.81. The van der Waals surface area contributed by atoms with Gasteiger partial charge in [0.25, 0.3) is 0 Å². The summed E-state index contributed by atoms with van der Waals surface area (Å²) in [5.41, 5.74) is 8.29. The maximum absolute atomic E-state index is 6.21. The quantitative estimate of drug-likeness (QED) is 0.182. The SMILES string of the molecule is Cc1ccc(-c2cc(CNCCN3CCN(C(c4ccccc4)c4ccc(Cl)cc4)CC3)nn2-c2ccccc2)cc1. The Labute approximate surface area is 254 Å². The third-order valence-corrected chi connectivity index (χ3v) is 8.34. The molecule has 2 heterocycles. The molecule has 1 atom stereocenters. The molecule has 6 rings (SSSR count). The van der Waals surface area contributed by atoms with Crippen molar-refractivity contribution in [1.82, 2.24) is 24.9 Å². The van der Waals surface area contributed by atoms with E-state index in [1.165, 1.54) is 22.3 Å². The molecule has 1 unspecified atom stereocenters. The van der Waals surface area contributed by atoms with Crippen LogP contribution >= 0.6 is 11.6 Å². The molecule has 1 aliphatic heterocycles. The van der Waals surface area contributed by atoms with Gasteiger partial charge in [0.2, 0.25) is 0 Å². The van der Waals surface area contributed by atoms with Crippen LogP contribution in [0.15, 0.2) is 115 Å². The molecular weight excluding hydrogens is 538 g/mol. The van der Waals surface area contributed by atoms with E-state index in [2.05, 4.69) is 124 Å². The van der Waals surface area contributed by atoms with Gasteiger partial charge in [-0.05, 0) is 48.4 Å². The fourth-order valence-corrected chi connectivity index (χ4v) is 5.93. The highest BCUT2D eigenvalue weighted by atomic mass is 35.5. The molecule has 0 spiro atoms. The molecule has 0 bridgehead atoms. The van der Waals surface area contributed by atoms with E-state index in [0.29, 0.717) is 0 Å². The zero-order valence-corrected chi connectivity index (χ0v) is 24.9. The molecule has 1 N–H and O–H groups in total. The van der Waals surface area contributed by atoms with E-state index >= 15 is 0 Å². The average Bonchev–Trinajstić information content (AvgIpc) is 3.47. The van der Waals surface area contributed by atoms with Gasteiger partial charge in [0.05, 0.1) is 23.1 Å². The fraction of sp³-hybridized carbons (Fsp3) is 0.250. The molecule has 1 aliphatic rings. The molecule has 5 nitrogen and oxygen atoms in total. The van der Waals surface area contributed by atoms with Crippen LogP contribution in [-0.2, 0) is 6.54 Å². The van der Waals surface area contributed by atoms with Gasteiger partial charge >= 0.3 is 0 Å². The summed E-state index contributed by atoms with van der Waals surface area (Å²) in [4.78, 5) is 5.17. The molecule has 214 valence electrons. The maximum Gasteiger partial charge on any atom is 0.0773 e. The number of para-hydroxylation sites is 1. The van der Waals surface area contributed by atoms with Crippen LogP contribution in [0.1, 0.15) is 28.4 Å². The van der Waals surface area contributed by atoms with Gasteiger partial charge in [-0.3, -0.25) is 9.80 Å². The summed E-state index contributed by atoms with van der Waals surface area (Å²) in [6, 6.07) is 40.7. The number of piperazine rings is 1. The van der Waals surface area contributed by atoms with Gasteiger partial charge in [0, 0.05) is 56.4 Å². The lowest BCUT2D eigenvalue weighted by molar-refractivity contribution is 0.110. The average molecular weight is 576 g/mol. The molecule has 0 aliphatic carbocycles. The molecule has 4 aromatic carbocycles. The molecular formula is C36H38ClN5. The Morgan fingerprint density at radius 1 is 0.762 bits per heavy atom. The van der Waals surface area contributed by atoms with Crippen LogP contribution in [0.2, 0.25) is 5.02 Å². The summed E-state index contributed by atoms with van der Waals surface area (Å²) in [6.45, 7) is 8.98. The monoisotopic (exact) mass is 575 g/mol. The largest absolute Gasteiger partial charge is 0.310 e. The van der Waals surface area contributed by atoms with E-state index in [9.17, 15) is 0 Å². The van der Waals surface area contributed by atoms with Gasteiger partial charge < -0.3 is 5.32 Å². The summed E-state index contributed by atoms with van der Waals surface area (Å²) in [6.07, 6.45) is 0. The summed E-state index contributed by atoms with van der Waals surface area (Å²) >= 11 is 6.21. The number of aryl methyl sites for hydroxylation is 1. The predicted molar refractivity (Wildman–Crippen MR) is 173 cm³/mol. The van der Waals surface area contributed by atoms with Crippen LogP contribution < -0.4 is 5.32 Å². The van der Waals surface area contributed by atoms with Crippen molar-refractivity contribution in [2.45, 2.75) is 19.5 Å². The van der Waals surface area contributed by atoms with Gasteiger partial charge in [0.15, 0.2) is 0 Å². The Balaban J connectivity index is 1.05. The first-order chi connectivity index (χ1) is 20.6. The minimum Gasteiger partial charge on any atom is -0.310 e. The van der Waals surface area contributed by atoms with Crippen molar-refractivity contribution in [3.63, 3.8) is 0 Å². The predicted octanol–water partition coefficient (Wildman–Crippen LogP) is 7.00. The van der Waals surface area contributed by atoms with Crippen molar-refractivity contribution >= 4 is 11.6 Å². The molecule has 0 saturated carbocycles. The number of nitrogens with zero attached hydrogens (tertiary/aromatic N) is 4. The van der Waals surface area contributed by atoms with Gasteiger partial charge in [-0.2, -0.15) is 5.10 Å². The van der Waals surface area contributed by atoms with Crippen molar-refractivity contribution in [1.29, 1.82) is 0 Å². The normalized spacial score (nSPS) is 15.1. The lowest BCUT2D eigenvalue weighted by Crippen LogP contribution is -2.49. The summed E-state index contributed by atoms with van der Waals surface area (Å²) in [5.74, 6) is 0. The molecule has 5 aromatic rings. The van der Waals surface area contributed by atoms with E-state index < -0.39 is 0 Å². The van der Waals surface area contributed by atoms with Gasteiger partial charge in [-0.15, -0.1) is 0 Å². The third-order valence-electron chi connectivity index (χ3n) is 8.09. The number of hydrogen-bond acceptors (Lipinski definition) is 4. The summed E-state index contributed by atoms with van der Waals surface area (Å²) in [7, 11) is 0. The summed E-state index contributed by atoms with van der Waals surface area (Å²) < 4.78 is 2.06. The number of nitrogens with one attached hydrogen (secondary N) is 1. The highest BCUT2D eigenvalue weighted by molar-refractivity contribution is 6.30. The molecule has 0 radical (unpaired) electrons. The minimum absolute atomic E-state index is 0.242. The Kier molecular flexibility index (Phi) is 9.12. The Bertz CT molecular complexity index is 1540. The number of benzene rings is 4. The molecule has 1 fully saturated rings.